The second-order valence-corrected chi connectivity index (χ2v) is 4.23. The molecule has 1 aromatic rings. The minimum Gasteiger partial charge on any atom is -0.369 e. The van der Waals surface area contributed by atoms with Gasteiger partial charge in [0.1, 0.15) is 0 Å². The Balaban J connectivity index is 2.16. The van der Waals surface area contributed by atoms with E-state index in [1.54, 1.807) is 0 Å². The van der Waals surface area contributed by atoms with Crippen LogP contribution in [0.25, 0.3) is 0 Å². The lowest BCUT2D eigenvalue weighted by atomic mass is 10.1. The van der Waals surface area contributed by atoms with Crippen LogP contribution in [0.3, 0.4) is 0 Å². The predicted octanol–water partition coefficient (Wildman–Crippen LogP) is -0.635. The van der Waals surface area contributed by atoms with E-state index in [-0.39, 0.29) is 18.9 Å². The SMILES string of the molecule is CSc1n[nH]c(N2CC(C(N)=O)CC2=O)n1. The first-order valence-corrected chi connectivity index (χ1v) is 5.90. The lowest BCUT2D eigenvalue weighted by molar-refractivity contribution is -0.123. The van der Waals surface area contributed by atoms with Crippen LogP contribution in [0.15, 0.2) is 5.16 Å². The van der Waals surface area contributed by atoms with Crippen molar-refractivity contribution in [3.8, 4) is 0 Å². The Morgan fingerprint density at radius 2 is 2.44 bits per heavy atom. The van der Waals surface area contributed by atoms with Gasteiger partial charge in [0.2, 0.25) is 22.9 Å². The molecule has 7 nitrogen and oxygen atoms in total. The van der Waals surface area contributed by atoms with E-state index in [1.165, 1.54) is 16.7 Å². The smallest absolute Gasteiger partial charge is 0.230 e. The van der Waals surface area contributed by atoms with Crippen molar-refractivity contribution in [2.45, 2.75) is 11.6 Å². The van der Waals surface area contributed by atoms with Gasteiger partial charge in [-0.3, -0.25) is 14.5 Å². The van der Waals surface area contributed by atoms with Crippen molar-refractivity contribution in [2.24, 2.45) is 11.7 Å². The molecule has 86 valence electrons. The molecule has 0 aromatic carbocycles. The summed E-state index contributed by atoms with van der Waals surface area (Å²) < 4.78 is 0. The summed E-state index contributed by atoms with van der Waals surface area (Å²) in [5, 5.41) is 7.12. The van der Waals surface area contributed by atoms with Crippen LogP contribution in [0.5, 0.6) is 0 Å². The van der Waals surface area contributed by atoms with Gasteiger partial charge in [0, 0.05) is 13.0 Å². The van der Waals surface area contributed by atoms with E-state index in [1.807, 2.05) is 6.26 Å². The Kier molecular flexibility index (Phi) is 2.82. The van der Waals surface area contributed by atoms with Crippen LogP contribution < -0.4 is 10.6 Å². The van der Waals surface area contributed by atoms with E-state index in [9.17, 15) is 9.59 Å². The summed E-state index contributed by atoms with van der Waals surface area (Å²) >= 11 is 1.37. The van der Waals surface area contributed by atoms with Gasteiger partial charge >= 0.3 is 0 Å². The molecule has 0 saturated carbocycles. The second kappa shape index (κ2) is 4.12. The molecule has 1 aliphatic rings. The number of primary amides is 1. The van der Waals surface area contributed by atoms with E-state index < -0.39 is 11.8 Å². The van der Waals surface area contributed by atoms with Gasteiger partial charge in [-0.1, -0.05) is 11.8 Å². The molecule has 0 bridgehead atoms. The standard InChI is InChI=1S/C8H11N5O2S/c1-16-8-10-7(11-12-8)13-3-4(6(9)15)2-5(13)14/h4H,2-3H2,1H3,(H2,9,15)(H,10,11,12). The number of carbonyl (C=O) groups excluding carboxylic acids is 2. The van der Waals surface area contributed by atoms with Gasteiger partial charge < -0.3 is 5.73 Å². The van der Waals surface area contributed by atoms with E-state index in [0.29, 0.717) is 11.1 Å². The van der Waals surface area contributed by atoms with Gasteiger partial charge in [-0.05, 0) is 6.26 Å². The highest BCUT2D eigenvalue weighted by molar-refractivity contribution is 7.98. The second-order valence-electron chi connectivity index (χ2n) is 3.45. The van der Waals surface area contributed by atoms with Gasteiger partial charge in [0.05, 0.1) is 5.92 Å². The van der Waals surface area contributed by atoms with E-state index >= 15 is 0 Å². The number of nitrogens with zero attached hydrogens (tertiary/aromatic N) is 3. The van der Waals surface area contributed by atoms with Gasteiger partial charge in [-0.2, -0.15) is 4.98 Å². The van der Waals surface area contributed by atoms with Crippen molar-refractivity contribution >= 4 is 29.5 Å². The molecule has 2 heterocycles. The van der Waals surface area contributed by atoms with Gasteiger partial charge in [-0.25, -0.2) is 5.10 Å². The monoisotopic (exact) mass is 241 g/mol. The Hall–Kier alpha value is -1.57. The number of hydrogen-bond donors (Lipinski definition) is 2. The van der Waals surface area contributed by atoms with Gasteiger partial charge in [-0.15, -0.1) is 5.10 Å². The topological polar surface area (TPSA) is 105 Å². The number of aromatic amines is 1. The average Bonchev–Trinajstić information content (AvgIpc) is 2.83. The highest BCUT2D eigenvalue weighted by atomic mass is 32.2. The van der Waals surface area contributed by atoms with Crippen LogP contribution in [0, 0.1) is 5.92 Å². The molecule has 2 amide bonds. The van der Waals surface area contributed by atoms with Crippen molar-refractivity contribution in [1.29, 1.82) is 0 Å². The summed E-state index contributed by atoms with van der Waals surface area (Å²) in [5.41, 5.74) is 5.16. The first-order chi connectivity index (χ1) is 7.61. The number of nitrogens with two attached hydrogens (primary N) is 1. The zero-order valence-electron chi connectivity index (χ0n) is 8.64. The summed E-state index contributed by atoms with van der Waals surface area (Å²) in [6.07, 6.45) is 1.98. The molecule has 0 spiro atoms. The molecule has 8 heteroatoms. The number of nitrogens with one attached hydrogen (secondary N) is 1. The normalized spacial score (nSPS) is 20.4. The Morgan fingerprint density at radius 3 is 2.94 bits per heavy atom. The van der Waals surface area contributed by atoms with Crippen molar-refractivity contribution < 1.29 is 9.59 Å². The van der Waals surface area contributed by atoms with Crippen LogP contribution in [-0.2, 0) is 9.59 Å². The van der Waals surface area contributed by atoms with Gasteiger partial charge in [0.25, 0.3) is 0 Å². The molecule has 3 N–H and O–H groups in total. The number of carbonyl (C=O) groups is 2. The van der Waals surface area contributed by atoms with Crippen LogP contribution >= 0.6 is 11.8 Å². The molecule has 1 aliphatic heterocycles. The summed E-state index contributed by atoms with van der Waals surface area (Å²) in [6.45, 7) is 0.275. The fourth-order valence-electron chi connectivity index (χ4n) is 1.55. The Bertz CT molecular complexity index is 432. The maximum Gasteiger partial charge on any atom is 0.230 e. The largest absolute Gasteiger partial charge is 0.369 e. The van der Waals surface area contributed by atoms with E-state index in [0.717, 1.165) is 0 Å². The summed E-state index contributed by atoms with van der Waals surface area (Å²) in [6, 6.07) is 0. The number of thioether (sulfide) groups is 1. The van der Waals surface area contributed by atoms with Crippen molar-refractivity contribution in [2.75, 3.05) is 17.7 Å². The lowest BCUT2D eigenvalue weighted by Crippen LogP contribution is -2.29. The molecule has 1 atom stereocenters. The highest BCUT2D eigenvalue weighted by Gasteiger charge is 2.35. The van der Waals surface area contributed by atoms with Crippen molar-refractivity contribution in [3.05, 3.63) is 0 Å². The fraction of sp³-hybridized carbons (Fsp3) is 0.500. The minimum atomic E-state index is -0.458. The summed E-state index contributed by atoms with van der Waals surface area (Å²) in [4.78, 5) is 28.1. The molecule has 1 aromatic heterocycles. The summed E-state index contributed by atoms with van der Waals surface area (Å²) in [7, 11) is 0. The molecular formula is C8H11N5O2S. The van der Waals surface area contributed by atoms with E-state index in [2.05, 4.69) is 15.2 Å². The molecule has 16 heavy (non-hydrogen) atoms. The minimum absolute atomic E-state index is 0.143. The first-order valence-electron chi connectivity index (χ1n) is 4.68. The number of amides is 2. The lowest BCUT2D eigenvalue weighted by Gasteiger charge is -2.10. The van der Waals surface area contributed by atoms with Crippen LogP contribution in [0.4, 0.5) is 5.95 Å². The molecular weight excluding hydrogens is 230 g/mol. The van der Waals surface area contributed by atoms with Crippen LogP contribution in [-0.4, -0.2) is 39.8 Å². The third kappa shape index (κ3) is 1.87. The fourth-order valence-corrected chi connectivity index (χ4v) is 1.87. The number of anilines is 1. The number of rotatable bonds is 3. The number of hydrogen-bond acceptors (Lipinski definition) is 5. The van der Waals surface area contributed by atoms with Crippen LogP contribution in [0.1, 0.15) is 6.42 Å². The third-order valence-corrected chi connectivity index (χ3v) is 2.97. The zero-order chi connectivity index (χ0) is 11.7. The quantitative estimate of drug-likeness (QED) is 0.685. The third-order valence-electron chi connectivity index (χ3n) is 2.42. The van der Waals surface area contributed by atoms with Crippen LogP contribution in [0.2, 0.25) is 0 Å². The van der Waals surface area contributed by atoms with Crippen molar-refractivity contribution in [1.82, 2.24) is 15.2 Å². The Morgan fingerprint density at radius 1 is 1.69 bits per heavy atom. The predicted molar refractivity (Wildman–Crippen MR) is 57.8 cm³/mol. The number of H-pyrrole nitrogens is 1. The zero-order valence-corrected chi connectivity index (χ0v) is 9.45. The molecule has 0 radical (unpaired) electrons. The molecule has 1 fully saturated rings. The van der Waals surface area contributed by atoms with E-state index in [4.69, 9.17) is 5.73 Å². The number of aromatic nitrogens is 3. The Labute approximate surface area is 95.8 Å². The maximum atomic E-state index is 11.6. The van der Waals surface area contributed by atoms with Gasteiger partial charge in [0.15, 0.2) is 0 Å². The molecule has 1 unspecified atom stereocenters. The maximum absolute atomic E-state index is 11.6. The molecule has 0 aliphatic carbocycles. The summed E-state index contributed by atoms with van der Waals surface area (Å²) in [5.74, 6) is -0.679. The average molecular weight is 241 g/mol. The molecule has 1 saturated heterocycles. The van der Waals surface area contributed by atoms with Crippen molar-refractivity contribution in [3.63, 3.8) is 0 Å². The first kappa shape index (κ1) is 10.9. The highest BCUT2D eigenvalue weighted by Crippen LogP contribution is 2.22. The molecule has 2 rings (SSSR count).